The fraction of sp³-hybridized carbons (Fsp3) is 0.421. The highest BCUT2D eigenvalue weighted by Crippen LogP contribution is 2.22. The average Bonchev–Trinajstić information content (AvgIpc) is 2.96. The number of hydrogen-bond acceptors (Lipinski definition) is 3. The maximum atomic E-state index is 12.8. The van der Waals surface area contributed by atoms with E-state index in [0.717, 1.165) is 37.1 Å². The fourth-order valence-corrected chi connectivity index (χ4v) is 3.12. The van der Waals surface area contributed by atoms with E-state index in [-0.39, 0.29) is 5.91 Å². The molecule has 2 N–H and O–H groups in total. The number of benzene rings is 1. The number of aromatic nitrogens is 2. The Morgan fingerprint density at radius 2 is 1.84 bits per heavy atom. The summed E-state index contributed by atoms with van der Waals surface area (Å²) in [5.74, 6) is -0.346. The van der Waals surface area contributed by atoms with E-state index in [9.17, 15) is 9.59 Å². The van der Waals surface area contributed by atoms with Crippen molar-refractivity contribution in [1.82, 2.24) is 14.7 Å². The molecule has 6 nitrogen and oxygen atoms in total. The van der Waals surface area contributed by atoms with E-state index < -0.39 is 11.9 Å². The second-order valence-electron chi connectivity index (χ2n) is 6.57. The quantitative estimate of drug-likeness (QED) is 0.929. The van der Waals surface area contributed by atoms with Crippen LogP contribution in [-0.4, -0.2) is 39.6 Å². The number of carbonyl (C=O) groups excluding carboxylic acids is 2. The summed E-state index contributed by atoms with van der Waals surface area (Å²) in [5.41, 5.74) is 7.78. The maximum Gasteiger partial charge on any atom is 0.253 e. The van der Waals surface area contributed by atoms with Gasteiger partial charge in [-0.3, -0.25) is 14.3 Å². The van der Waals surface area contributed by atoms with E-state index in [0.29, 0.717) is 5.56 Å². The normalized spacial score (nSPS) is 16.3. The Balaban J connectivity index is 1.81. The van der Waals surface area contributed by atoms with Gasteiger partial charge in [-0.15, -0.1) is 0 Å². The Kier molecular flexibility index (Phi) is 5.16. The first-order valence-corrected chi connectivity index (χ1v) is 8.79. The van der Waals surface area contributed by atoms with Gasteiger partial charge in [-0.2, -0.15) is 5.10 Å². The molecule has 1 aromatic heterocycles. The van der Waals surface area contributed by atoms with Crippen LogP contribution >= 0.6 is 0 Å². The molecule has 132 valence electrons. The van der Waals surface area contributed by atoms with Crippen LogP contribution in [0.2, 0.25) is 0 Å². The van der Waals surface area contributed by atoms with Crippen molar-refractivity contribution < 1.29 is 9.59 Å². The van der Waals surface area contributed by atoms with E-state index in [1.165, 1.54) is 12.8 Å². The summed E-state index contributed by atoms with van der Waals surface area (Å²) in [6.45, 7) is 3.37. The fourth-order valence-electron chi connectivity index (χ4n) is 3.12. The molecule has 2 heterocycles. The van der Waals surface area contributed by atoms with Crippen LogP contribution in [0.25, 0.3) is 11.1 Å². The molecule has 0 bridgehead atoms. The van der Waals surface area contributed by atoms with Crippen LogP contribution in [0.4, 0.5) is 0 Å². The molecule has 2 aromatic rings. The van der Waals surface area contributed by atoms with Crippen molar-refractivity contribution in [3.8, 4) is 11.1 Å². The number of nitrogens with zero attached hydrogens (tertiary/aromatic N) is 3. The van der Waals surface area contributed by atoms with Gasteiger partial charge in [-0.1, -0.05) is 25.0 Å². The third-order valence-electron chi connectivity index (χ3n) is 4.75. The molecule has 0 radical (unpaired) electrons. The zero-order valence-electron chi connectivity index (χ0n) is 14.5. The standard InChI is InChI=1S/C19H24N4O2/c1-14(18(20)24)23-13-17(12-21-23)15-7-6-8-16(11-15)19(25)22-9-4-2-3-5-10-22/h6-8,11-14H,2-5,9-10H2,1H3,(H2,20,24)/t14-/m0/s1. The first kappa shape index (κ1) is 17.2. The first-order chi connectivity index (χ1) is 12.1. The SMILES string of the molecule is C[C@@H](C(N)=O)n1cc(-c2cccc(C(=O)N3CCCCCC3)c2)cn1. The van der Waals surface area contributed by atoms with Gasteiger partial charge in [-0.05, 0) is 37.5 Å². The van der Waals surface area contributed by atoms with E-state index in [1.54, 1.807) is 24.0 Å². The Morgan fingerprint density at radius 3 is 2.52 bits per heavy atom. The highest BCUT2D eigenvalue weighted by Gasteiger charge is 2.18. The third kappa shape index (κ3) is 3.90. The van der Waals surface area contributed by atoms with Crippen LogP contribution in [0.5, 0.6) is 0 Å². The third-order valence-corrected chi connectivity index (χ3v) is 4.75. The molecule has 1 saturated heterocycles. The molecular weight excluding hydrogens is 316 g/mol. The minimum Gasteiger partial charge on any atom is -0.368 e. The number of nitrogens with two attached hydrogens (primary N) is 1. The monoisotopic (exact) mass is 340 g/mol. The van der Waals surface area contributed by atoms with Gasteiger partial charge in [0.1, 0.15) is 6.04 Å². The molecule has 1 atom stereocenters. The van der Waals surface area contributed by atoms with Crippen molar-refractivity contribution in [3.05, 3.63) is 42.2 Å². The second kappa shape index (κ2) is 7.51. The molecule has 1 fully saturated rings. The van der Waals surface area contributed by atoms with Crippen LogP contribution in [0, 0.1) is 0 Å². The van der Waals surface area contributed by atoms with Crippen molar-refractivity contribution in [2.75, 3.05) is 13.1 Å². The Labute approximate surface area is 147 Å². The summed E-state index contributed by atoms with van der Waals surface area (Å²) < 4.78 is 1.54. The van der Waals surface area contributed by atoms with E-state index in [1.807, 2.05) is 29.2 Å². The number of primary amides is 1. The molecule has 3 rings (SSSR count). The molecule has 0 saturated carbocycles. The highest BCUT2D eigenvalue weighted by molar-refractivity contribution is 5.95. The molecule has 0 aliphatic carbocycles. The van der Waals surface area contributed by atoms with Gasteiger partial charge in [-0.25, -0.2) is 0 Å². The Bertz CT molecular complexity index is 760. The van der Waals surface area contributed by atoms with Gasteiger partial charge in [0.25, 0.3) is 5.91 Å². The van der Waals surface area contributed by atoms with Crippen LogP contribution in [0.3, 0.4) is 0 Å². The molecule has 0 unspecified atom stereocenters. The molecule has 1 aromatic carbocycles. The number of amides is 2. The highest BCUT2D eigenvalue weighted by atomic mass is 16.2. The number of rotatable bonds is 4. The van der Waals surface area contributed by atoms with Crippen molar-refractivity contribution in [2.45, 2.75) is 38.6 Å². The number of hydrogen-bond donors (Lipinski definition) is 1. The lowest BCUT2D eigenvalue weighted by Gasteiger charge is -2.20. The number of carbonyl (C=O) groups is 2. The summed E-state index contributed by atoms with van der Waals surface area (Å²) in [5, 5.41) is 4.21. The van der Waals surface area contributed by atoms with E-state index in [4.69, 9.17) is 5.73 Å². The van der Waals surface area contributed by atoms with Gasteiger partial charge in [0.15, 0.2) is 0 Å². The van der Waals surface area contributed by atoms with Gasteiger partial charge < -0.3 is 10.6 Å². The van der Waals surface area contributed by atoms with Crippen LogP contribution in [0.15, 0.2) is 36.7 Å². The molecule has 25 heavy (non-hydrogen) atoms. The predicted octanol–water partition coefficient (Wildman–Crippen LogP) is 2.61. The number of likely N-dealkylation sites (tertiary alicyclic amines) is 1. The summed E-state index contributed by atoms with van der Waals surface area (Å²) >= 11 is 0. The lowest BCUT2D eigenvalue weighted by atomic mass is 10.1. The van der Waals surface area contributed by atoms with E-state index in [2.05, 4.69) is 5.10 Å². The molecule has 1 aliphatic rings. The van der Waals surface area contributed by atoms with Crippen LogP contribution in [-0.2, 0) is 4.79 Å². The lowest BCUT2D eigenvalue weighted by molar-refractivity contribution is -0.120. The molecule has 6 heteroatoms. The second-order valence-corrected chi connectivity index (χ2v) is 6.57. The molecule has 1 aliphatic heterocycles. The molecular formula is C19H24N4O2. The van der Waals surface area contributed by atoms with Crippen molar-refractivity contribution in [2.24, 2.45) is 5.73 Å². The molecule has 0 spiro atoms. The average molecular weight is 340 g/mol. The smallest absolute Gasteiger partial charge is 0.253 e. The van der Waals surface area contributed by atoms with Crippen molar-refractivity contribution in [3.63, 3.8) is 0 Å². The minimum atomic E-state index is -0.504. The van der Waals surface area contributed by atoms with Gasteiger partial charge in [0.05, 0.1) is 6.20 Å². The van der Waals surface area contributed by atoms with Crippen LogP contribution in [0.1, 0.15) is 49.0 Å². The largest absolute Gasteiger partial charge is 0.368 e. The zero-order chi connectivity index (χ0) is 17.8. The summed E-state index contributed by atoms with van der Waals surface area (Å²) in [4.78, 5) is 26.0. The minimum absolute atomic E-state index is 0.0849. The predicted molar refractivity (Wildman–Crippen MR) is 95.9 cm³/mol. The maximum absolute atomic E-state index is 12.8. The summed E-state index contributed by atoms with van der Waals surface area (Å²) in [7, 11) is 0. The summed E-state index contributed by atoms with van der Waals surface area (Å²) in [6, 6.07) is 7.07. The first-order valence-electron chi connectivity index (χ1n) is 8.79. The Hall–Kier alpha value is -2.63. The topological polar surface area (TPSA) is 81.2 Å². The summed E-state index contributed by atoms with van der Waals surface area (Å²) in [6.07, 6.45) is 8.01. The van der Waals surface area contributed by atoms with E-state index >= 15 is 0 Å². The van der Waals surface area contributed by atoms with Gasteiger partial charge in [0.2, 0.25) is 5.91 Å². The van der Waals surface area contributed by atoms with Crippen LogP contribution < -0.4 is 5.73 Å². The molecule has 2 amide bonds. The zero-order valence-corrected chi connectivity index (χ0v) is 14.5. The van der Waals surface area contributed by atoms with Gasteiger partial charge in [0, 0.05) is 30.4 Å². The van der Waals surface area contributed by atoms with Gasteiger partial charge >= 0.3 is 0 Å². The lowest BCUT2D eigenvalue weighted by Crippen LogP contribution is -2.31. The Morgan fingerprint density at radius 1 is 1.12 bits per heavy atom. The van der Waals surface area contributed by atoms with Crippen molar-refractivity contribution in [1.29, 1.82) is 0 Å². The van der Waals surface area contributed by atoms with Crippen molar-refractivity contribution >= 4 is 11.8 Å².